The summed E-state index contributed by atoms with van der Waals surface area (Å²) in [7, 11) is 0. The van der Waals surface area contributed by atoms with E-state index < -0.39 is 5.54 Å². The number of carbonyl (C=O) groups excluding carboxylic acids is 1. The fourth-order valence-corrected chi connectivity index (χ4v) is 3.78. The molecule has 0 fully saturated rings. The van der Waals surface area contributed by atoms with Crippen molar-refractivity contribution >= 4 is 22.4 Å². The topological polar surface area (TPSA) is 68.0 Å². The Morgan fingerprint density at radius 2 is 2.09 bits per heavy atom. The molecular formula is C17H21N3OS. The molecule has 3 rings (SSSR count). The molecule has 1 atom stereocenters. The predicted octanol–water partition coefficient (Wildman–Crippen LogP) is 3.09. The van der Waals surface area contributed by atoms with Crippen molar-refractivity contribution in [3.8, 4) is 0 Å². The number of benzene rings is 1. The first kappa shape index (κ1) is 15.2. The normalized spacial score (nSPS) is 17.9. The highest BCUT2D eigenvalue weighted by atomic mass is 32.1. The lowest BCUT2D eigenvalue weighted by Crippen LogP contribution is -2.45. The number of amides is 1. The third-order valence-electron chi connectivity index (χ3n) is 4.02. The van der Waals surface area contributed by atoms with Crippen LogP contribution in [0.25, 0.3) is 0 Å². The lowest BCUT2D eigenvalue weighted by molar-refractivity contribution is -0.120. The van der Waals surface area contributed by atoms with Crippen LogP contribution in [0, 0.1) is 0 Å². The molecule has 1 amide bonds. The molecule has 0 spiro atoms. The first-order valence-corrected chi connectivity index (χ1v) is 8.39. The minimum Gasteiger partial charge on any atom is -0.318 e. The van der Waals surface area contributed by atoms with Gasteiger partial charge in [-0.3, -0.25) is 4.79 Å². The van der Waals surface area contributed by atoms with Gasteiger partial charge in [-0.05, 0) is 44.6 Å². The molecule has 1 aromatic heterocycles. The summed E-state index contributed by atoms with van der Waals surface area (Å²) in [6.07, 6.45) is 3.07. The summed E-state index contributed by atoms with van der Waals surface area (Å²) in [6.45, 7) is 3.39. The molecule has 4 nitrogen and oxygen atoms in total. The predicted molar refractivity (Wildman–Crippen MR) is 90.2 cm³/mol. The van der Waals surface area contributed by atoms with Crippen LogP contribution in [0.2, 0.25) is 0 Å². The Hall–Kier alpha value is -1.72. The van der Waals surface area contributed by atoms with E-state index in [0.29, 0.717) is 11.0 Å². The number of anilines is 1. The number of aromatic nitrogens is 1. The number of fused-ring (bicyclic) bond motifs is 1. The number of carbonyl (C=O) groups is 1. The Morgan fingerprint density at radius 1 is 1.36 bits per heavy atom. The first-order valence-electron chi connectivity index (χ1n) is 7.57. The molecule has 0 saturated heterocycles. The van der Waals surface area contributed by atoms with Crippen LogP contribution in [0.1, 0.15) is 42.3 Å². The SMILES string of the molecule is CC(C)(N)C(=O)Nc1nc2c(s1)CC(c1ccccc1)CC2. The quantitative estimate of drug-likeness (QED) is 0.914. The van der Waals surface area contributed by atoms with E-state index in [1.165, 1.54) is 10.4 Å². The molecule has 1 unspecified atom stereocenters. The molecule has 1 aliphatic carbocycles. The fraction of sp³-hybridized carbons (Fsp3) is 0.412. The first-order chi connectivity index (χ1) is 10.4. The highest BCUT2D eigenvalue weighted by molar-refractivity contribution is 7.15. The monoisotopic (exact) mass is 315 g/mol. The van der Waals surface area contributed by atoms with Gasteiger partial charge in [0.2, 0.25) is 5.91 Å². The highest BCUT2D eigenvalue weighted by Gasteiger charge is 2.26. The lowest BCUT2D eigenvalue weighted by Gasteiger charge is -2.21. The van der Waals surface area contributed by atoms with Crippen LogP contribution >= 0.6 is 11.3 Å². The Labute approximate surface area is 134 Å². The molecule has 1 aliphatic rings. The van der Waals surface area contributed by atoms with Crippen molar-refractivity contribution in [3.05, 3.63) is 46.5 Å². The van der Waals surface area contributed by atoms with Crippen molar-refractivity contribution < 1.29 is 4.79 Å². The van der Waals surface area contributed by atoms with Crippen LogP contribution in [0.5, 0.6) is 0 Å². The summed E-state index contributed by atoms with van der Waals surface area (Å²) in [6, 6.07) is 10.6. The molecular weight excluding hydrogens is 294 g/mol. The van der Waals surface area contributed by atoms with Crippen LogP contribution in [0.3, 0.4) is 0 Å². The van der Waals surface area contributed by atoms with Gasteiger partial charge in [-0.2, -0.15) is 0 Å². The minimum atomic E-state index is -0.890. The number of nitrogens with one attached hydrogen (secondary N) is 1. The maximum absolute atomic E-state index is 12.0. The molecule has 1 heterocycles. The van der Waals surface area contributed by atoms with Gasteiger partial charge in [0, 0.05) is 4.88 Å². The zero-order valence-electron chi connectivity index (χ0n) is 12.9. The van der Waals surface area contributed by atoms with Crippen LogP contribution in [-0.4, -0.2) is 16.4 Å². The third-order valence-corrected chi connectivity index (χ3v) is 5.05. The number of hydrogen-bond donors (Lipinski definition) is 2. The molecule has 0 aliphatic heterocycles. The van der Waals surface area contributed by atoms with Crippen LogP contribution < -0.4 is 11.1 Å². The van der Waals surface area contributed by atoms with E-state index in [2.05, 4.69) is 34.6 Å². The zero-order chi connectivity index (χ0) is 15.7. The zero-order valence-corrected chi connectivity index (χ0v) is 13.7. The van der Waals surface area contributed by atoms with Crippen LogP contribution in [0.15, 0.2) is 30.3 Å². The molecule has 5 heteroatoms. The van der Waals surface area contributed by atoms with Crippen molar-refractivity contribution in [2.75, 3.05) is 5.32 Å². The van der Waals surface area contributed by atoms with E-state index in [4.69, 9.17) is 5.73 Å². The molecule has 116 valence electrons. The van der Waals surface area contributed by atoms with Crippen molar-refractivity contribution in [2.45, 2.75) is 44.6 Å². The van der Waals surface area contributed by atoms with Crippen LogP contribution in [-0.2, 0) is 17.6 Å². The van der Waals surface area contributed by atoms with Gasteiger partial charge in [0.25, 0.3) is 0 Å². The van der Waals surface area contributed by atoms with E-state index in [9.17, 15) is 4.79 Å². The molecule has 0 saturated carbocycles. The average Bonchev–Trinajstić information content (AvgIpc) is 2.88. The van der Waals surface area contributed by atoms with E-state index in [-0.39, 0.29) is 5.91 Å². The maximum atomic E-state index is 12.0. The molecule has 2 aromatic rings. The minimum absolute atomic E-state index is 0.196. The van der Waals surface area contributed by atoms with E-state index in [1.54, 1.807) is 25.2 Å². The largest absolute Gasteiger partial charge is 0.318 e. The Morgan fingerprint density at radius 3 is 2.77 bits per heavy atom. The number of aryl methyl sites for hydroxylation is 1. The second-order valence-electron chi connectivity index (χ2n) is 6.42. The second-order valence-corrected chi connectivity index (χ2v) is 7.50. The summed E-state index contributed by atoms with van der Waals surface area (Å²) in [4.78, 5) is 17.8. The molecule has 3 N–H and O–H groups in total. The van der Waals surface area contributed by atoms with Gasteiger partial charge in [0.1, 0.15) is 0 Å². The summed E-state index contributed by atoms with van der Waals surface area (Å²) >= 11 is 1.58. The fourth-order valence-electron chi connectivity index (χ4n) is 2.70. The molecule has 1 aromatic carbocycles. The van der Waals surface area contributed by atoms with E-state index in [0.717, 1.165) is 25.0 Å². The van der Waals surface area contributed by atoms with Crippen molar-refractivity contribution in [3.63, 3.8) is 0 Å². The lowest BCUT2D eigenvalue weighted by atomic mass is 9.85. The van der Waals surface area contributed by atoms with Crippen molar-refractivity contribution in [1.29, 1.82) is 0 Å². The summed E-state index contributed by atoms with van der Waals surface area (Å²) < 4.78 is 0. The van der Waals surface area contributed by atoms with E-state index in [1.807, 2.05) is 6.07 Å². The number of nitrogens with two attached hydrogens (primary N) is 1. The highest BCUT2D eigenvalue weighted by Crippen LogP contribution is 2.36. The summed E-state index contributed by atoms with van der Waals surface area (Å²) in [5, 5.41) is 3.51. The third kappa shape index (κ3) is 3.20. The van der Waals surface area contributed by atoms with E-state index >= 15 is 0 Å². The number of hydrogen-bond acceptors (Lipinski definition) is 4. The van der Waals surface area contributed by atoms with Gasteiger partial charge in [0.05, 0.1) is 11.2 Å². The summed E-state index contributed by atoms with van der Waals surface area (Å²) in [5.41, 5.74) is 7.43. The van der Waals surface area contributed by atoms with Crippen molar-refractivity contribution in [2.24, 2.45) is 5.73 Å². The van der Waals surface area contributed by atoms with Gasteiger partial charge in [-0.1, -0.05) is 30.3 Å². The van der Waals surface area contributed by atoms with Gasteiger partial charge < -0.3 is 11.1 Å². The molecule has 22 heavy (non-hydrogen) atoms. The standard InChI is InChI=1S/C17H21N3OS/c1-17(2,18)15(21)20-16-19-13-9-8-12(10-14(13)22-16)11-6-4-3-5-7-11/h3-7,12H,8-10,18H2,1-2H3,(H,19,20,21). The number of nitrogens with zero attached hydrogens (tertiary/aromatic N) is 1. The number of thiazole rings is 1. The van der Waals surface area contributed by atoms with Crippen LogP contribution in [0.4, 0.5) is 5.13 Å². The number of rotatable bonds is 3. The van der Waals surface area contributed by atoms with Gasteiger partial charge in [-0.15, -0.1) is 11.3 Å². The molecule has 0 radical (unpaired) electrons. The van der Waals surface area contributed by atoms with Gasteiger partial charge in [0.15, 0.2) is 5.13 Å². The average molecular weight is 315 g/mol. The summed E-state index contributed by atoms with van der Waals surface area (Å²) in [5.74, 6) is 0.349. The maximum Gasteiger partial charge on any atom is 0.245 e. The van der Waals surface area contributed by atoms with Gasteiger partial charge >= 0.3 is 0 Å². The molecule has 0 bridgehead atoms. The second kappa shape index (κ2) is 5.82. The Balaban J connectivity index is 1.75. The smallest absolute Gasteiger partial charge is 0.245 e. The van der Waals surface area contributed by atoms with Crippen molar-refractivity contribution in [1.82, 2.24) is 4.98 Å². The Bertz CT molecular complexity index is 673. The Kier molecular flexibility index (Phi) is 4.02. The van der Waals surface area contributed by atoms with Gasteiger partial charge in [-0.25, -0.2) is 4.98 Å².